The number of carbonyl (C=O) groups excluding carboxylic acids is 1. The van der Waals surface area contributed by atoms with Crippen LogP contribution in [0.5, 0.6) is 0 Å². The Balaban J connectivity index is 1.44. The molecule has 2 aromatic heterocycles. The van der Waals surface area contributed by atoms with Crippen LogP contribution in [0.3, 0.4) is 0 Å². The predicted molar refractivity (Wildman–Crippen MR) is 97.0 cm³/mol. The number of nitrogens with zero attached hydrogens (tertiary/aromatic N) is 2. The van der Waals surface area contributed by atoms with Gasteiger partial charge < -0.3 is 5.32 Å². The van der Waals surface area contributed by atoms with E-state index in [1.165, 1.54) is 9.58 Å². The monoisotopic (exact) mass is 345 g/mol. The summed E-state index contributed by atoms with van der Waals surface area (Å²) in [5.74, 6) is 0.0603. The number of likely N-dealkylation sites (N-methyl/N-ethyl adjacent to an activating group) is 1. The lowest BCUT2D eigenvalue weighted by molar-refractivity contribution is -0.122. The summed E-state index contributed by atoms with van der Waals surface area (Å²) in [5.41, 5.74) is 1.03. The number of thiophene rings is 1. The highest BCUT2D eigenvalue weighted by Gasteiger charge is 2.10. The Morgan fingerprint density at radius 1 is 1.26 bits per heavy atom. The third-order valence-electron chi connectivity index (χ3n) is 3.43. The maximum Gasteiger partial charge on any atom is 0.234 e. The Morgan fingerprint density at radius 3 is 2.91 bits per heavy atom. The van der Waals surface area contributed by atoms with Gasteiger partial charge >= 0.3 is 0 Å². The fraction of sp³-hybridized carbons (Fsp3) is 0.294. The van der Waals surface area contributed by atoms with Gasteiger partial charge in [0.2, 0.25) is 5.91 Å². The minimum absolute atomic E-state index is 0.0603. The van der Waals surface area contributed by atoms with E-state index in [2.05, 4.69) is 27.8 Å². The minimum Gasteiger partial charge on any atom is -0.355 e. The number of hydrogen-bond acceptors (Lipinski definition) is 5. The lowest BCUT2D eigenvalue weighted by atomic mass is 10.3. The van der Waals surface area contributed by atoms with Crippen molar-refractivity contribution in [2.75, 3.05) is 20.1 Å². The van der Waals surface area contributed by atoms with E-state index in [1.807, 2.05) is 36.2 Å². The standard InChI is InChI=1S/C17H19N3OS2/c1-20(11-16(21)18-9-8-13-5-4-10-22-13)12-17-19-14-6-2-3-7-15(14)23-17/h2-7,10H,8-9,11-12H2,1H3,(H,18,21). The van der Waals surface area contributed by atoms with Crippen molar-refractivity contribution in [2.45, 2.75) is 13.0 Å². The van der Waals surface area contributed by atoms with Gasteiger partial charge in [0.15, 0.2) is 0 Å². The summed E-state index contributed by atoms with van der Waals surface area (Å²) in [4.78, 5) is 19.9. The van der Waals surface area contributed by atoms with Crippen molar-refractivity contribution in [1.29, 1.82) is 0 Å². The summed E-state index contributed by atoms with van der Waals surface area (Å²) in [5, 5.41) is 6.07. The van der Waals surface area contributed by atoms with Crippen molar-refractivity contribution in [1.82, 2.24) is 15.2 Å². The van der Waals surface area contributed by atoms with Gasteiger partial charge in [0.05, 0.1) is 23.3 Å². The van der Waals surface area contributed by atoms with Crippen LogP contribution >= 0.6 is 22.7 Å². The zero-order valence-electron chi connectivity index (χ0n) is 13.0. The molecule has 0 bridgehead atoms. The SMILES string of the molecule is CN(CC(=O)NCCc1cccs1)Cc1nc2ccccc2s1. The zero-order chi connectivity index (χ0) is 16.1. The van der Waals surface area contributed by atoms with Crippen LogP contribution in [0.25, 0.3) is 10.2 Å². The lowest BCUT2D eigenvalue weighted by Gasteiger charge is -2.14. The van der Waals surface area contributed by atoms with Crippen LogP contribution in [0.1, 0.15) is 9.88 Å². The molecule has 0 fully saturated rings. The highest BCUT2D eigenvalue weighted by atomic mass is 32.1. The second-order valence-electron chi connectivity index (χ2n) is 5.43. The van der Waals surface area contributed by atoms with Crippen LogP contribution in [-0.4, -0.2) is 35.9 Å². The fourth-order valence-electron chi connectivity index (χ4n) is 2.36. The number of carbonyl (C=O) groups is 1. The molecule has 0 atom stereocenters. The van der Waals surface area contributed by atoms with Gasteiger partial charge in [-0.25, -0.2) is 4.98 Å². The van der Waals surface area contributed by atoms with Crippen LogP contribution < -0.4 is 5.32 Å². The molecule has 4 nitrogen and oxygen atoms in total. The second kappa shape index (κ2) is 7.68. The maximum atomic E-state index is 12.0. The summed E-state index contributed by atoms with van der Waals surface area (Å²) in [6, 6.07) is 12.2. The summed E-state index contributed by atoms with van der Waals surface area (Å²) >= 11 is 3.41. The molecule has 0 radical (unpaired) electrons. The van der Waals surface area contributed by atoms with E-state index >= 15 is 0 Å². The molecule has 3 aromatic rings. The van der Waals surface area contributed by atoms with Crippen LogP contribution in [0, 0.1) is 0 Å². The Labute approximate surface area is 143 Å². The summed E-state index contributed by atoms with van der Waals surface area (Å²) in [6.07, 6.45) is 0.894. The molecule has 1 aromatic carbocycles. The highest BCUT2D eigenvalue weighted by Crippen LogP contribution is 2.22. The number of benzene rings is 1. The van der Waals surface area contributed by atoms with Crippen molar-refractivity contribution in [3.05, 3.63) is 51.7 Å². The van der Waals surface area contributed by atoms with Crippen LogP contribution in [0.2, 0.25) is 0 Å². The number of rotatable bonds is 7. The van der Waals surface area contributed by atoms with E-state index < -0.39 is 0 Å². The van der Waals surface area contributed by atoms with Crippen molar-refractivity contribution >= 4 is 38.8 Å². The Morgan fingerprint density at radius 2 is 2.13 bits per heavy atom. The van der Waals surface area contributed by atoms with Gasteiger partial charge in [-0.3, -0.25) is 9.69 Å². The Bertz CT molecular complexity index is 734. The fourth-order valence-corrected chi connectivity index (χ4v) is 4.11. The molecule has 6 heteroatoms. The van der Waals surface area contributed by atoms with Gasteiger partial charge in [-0.2, -0.15) is 0 Å². The van der Waals surface area contributed by atoms with E-state index in [0.717, 1.165) is 16.9 Å². The first-order valence-corrected chi connectivity index (χ1v) is 9.22. The van der Waals surface area contributed by atoms with E-state index in [1.54, 1.807) is 22.7 Å². The lowest BCUT2D eigenvalue weighted by Crippen LogP contribution is -2.35. The Kier molecular flexibility index (Phi) is 5.38. The molecule has 23 heavy (non-hydrogen) atoms. The average Bonchev–Trinajstić information content (AvgIpc) is 3.15. The van der Waals surface area contributed by atoms with Crippen molar-refractivity contribution in [3.8, 4) is 0 Å². The Hall–Kier alpha value is -1.76. The number of aromatic nitrogens is 1. The van der Waals surface area contributed by atoms with Gasteiger partial charge in [-0.15, -0.1) is 22.7 Å². The maximum absolute atomic E-state index is 12.0. The molecule has 120 valence electrons. The van der Waals surface area contributed by atoms with Gasteiger partial charge in [-0.05, 0) is 37.0 Å². The van der Waals surface area contributed by atoms with Crippen LogP contribution in [-0.2, 0) is 17.8 Å². The minimum atomic E-state index is 0.0603. The van der Waals surface area contributed by atoms with Gasteiger partial charge in [0, 0.05) is 11.4 Å². The third kappa shape index (κ3) is 4.60. The summed E-state index contributed by atoms with van der Waals surface area (Å²) in [6.45, 7) is 1.77. The first kappa shape index (κ1) is 16.1. The van der Waals surface area contributed by atoms with Gasteiger partial charge in [-0.1, -0.05) is 18.2 Å². The molecule has 0 aliphatic rings. The topological polar surface area (TPSA) is 45.2 Å². The molecule has 0 saturated carbocycles. The molecule has 1 amide bonds. The van der Waals surface area contributed by atoms with Crippen LogP contribution in [0.4, 0.5) is 0 Å². The largest absolute Gasteiger partial charge is 0.355 e. The van der Waals surface area contributed by atoms with E-state index in [0.29, 0.717) is 19.6 Å². The number of para-hydroxylation sites is 1. The van der Waals surface area contributed by atoms with E-state index in [9.17, 15) is 4.79 Å². The summed E-state index contributed by atoms with van der Waals surface area (Å²) in [7, 11) is 1.95. The molecular formula is C17H19N3OS2. The first-order valence-electron chi connectivity index (χ1n) is 7.53. The number of hydrogen-bond donors (Lipinski definition) is 1. The average molecular weight is 345 g/mol. The normalized spacial score (nSPS) is 11.2. The van der Waals surface area contributed by atoms with Crippen LogP contribution in [0.15, 0.2) is 41.8 Å². The first-order chi connectivity index (χ1) is 11.2. The number of nitrogens with one attached hydrogen (secondary N) is 1. The molecule has 0 aliphatic carbocycles. The number of thiazole rings is 1. The van der Waals surface area contributed by atoms with Gasteiger partial charge in [0.1, 0.15) is 5.01 Å². The van der Waals surface area contributed by atoms with Crippen molar-refractivity contribution in [2.24, 2.45) is 0 Å². The third-order valence-corrected chi connectivity index (χ3v) is 5.39. The molecule has 1 N–H and O–H groups in total. The van der Waals surface area contributed by atoms with Crippen molar-refractivity contribution in [3.63, 3.8) is 0 Å². The van der Waals surface area contributed by atoms with Gasteiger partial charge in [0.25, 0.3) is 0 Å². The molecule has 0 spiro atoms. The molecule has 0 aliphatic heterocycles. The second-order valence-corrected chi connectivity index (χ2v) is 7.57. The van der Waals surface area contributed by atoms with E-state index in [4.69, 9.17) is 0 Å². The predicted octanol–water partition coefficient (Wildman–Crippen LogP) is 3.15. The molecule has 0 saturated heterocycles. The molecule has 3 rings (SSSR count). The summed E-state index contributed by atoms with van der Waals surface area (Å²) < 4.78 is 1.19. The smallest absolute Gasteiger partial charge is 0.234 e. The highest BCUT2D eigenvalue weighted by molar-refractivity contribution is 7.18. The van der Waals surface area contributed by atoms with Crippen molar-refractivity contribution < 1.29 is 4.79 Å². The molecule has 2 heterocycles. The zero-order valence-corrected chi connectivity index (χ0v) is 14.6. The molecule has 0 unspecified atom stereocenters. The van der Waals surface area contributed by atoms with E-state index in [-0.39, 0.29) is 5.91 Å². The quantitative estimate of drug-likeness (QED) is 0.715. The molecular weight excluding hydrogens is 326 g/mol. The number of fused-ring (bicyclic) bond motifs is 1. The number of amides is 1.